The molecule has 0 spiro atoms. The average molecular weight is 413 g/mol. The molecule has 5 rings (SSSR count). The van der Waals surface area contributed by atoms with Crippen LogP contribution in [0.25, 0.3) is 11.5 Å². The van der Waals surface area contributed by atoms with Gasteiger partial charge in [-0.15, -0.1) is 21.7 Å². The van der Waals surface area contributed by atoms with Crippen molar-refractivity contribution in [3.05, 3.63) is 59.0 Å². The lowest BCUT2D eigenvalue weighted by atomic mass is 9.86. The zero-order chi connectivity index (χ0) is 21.5. The molecule has 0 saturated heterocycles. The average Bonchev–Trinajstić information content (AvgIpc) is 3.31. The number of aryl methyl sites for hydroxylation is 2. The van der Waals surface area contributed by atoms with Crippen molar-refractivity contribution in [2.24, 2.45) is 0 Å². The van der Waals surface area contributed by atoms with E-state index in [0.29, 0.717) is 35.3 Å². The first-order valence-corrected chi connectivity index (χ1v) is 9.80. The minimum absolute atomic E-state index is 0.0878. The fourth-order valence-corrected chi connectivity index (χ4v) is 3.94. The molecule has 0 unspecified atom stereocenters. The first-order valence-electron chi connectivity index (χ1n) is 9.80. The first kappa shape index (κ1) is 18.8. The van der Waals surface area contributed by atoms with E-state index in [4.69, 9.17) is 16.3 Å². The van der Waals surface area contributed by atoms with Crippen molar-refractivity contribution in [3.63, 3.8) is 0 Å². The summed E-state index contributed by atoms with van der Waals surface area (Å²) in [6, 6.07) is 11.3. The maximum atomic E-state index is 12.6. The molecule has 0 radical (unpaired) electrons. The number of terminal acetylenes is 1. The van der Waals surface area contributed by atoms with Gasteiger partial charge >= 0.3 is 0 Å². The van der Waals surface area contributed by atoms with Crippen molar-refractivity contribution in [1.29, 1.82) is 0 Å². The minimum Gasteiger partial charge on any atom is -0.481 e. The van der Waals surface area contributed by atoms with Crippen LogP contribution in [0, 0.1) is 26.2 Å². The minimum atomic E-state index is -0.160. The normalized spacial score (nSPS) is 15.4. The molecule has 1 N–H and O–H groups in total. The molecule has 154 valence electrons. The fraction of sp³-hybridized carbons (Fsp3) is 0.227. The SMILES string of the molecule is C#CCOc1cccc([C@H]2CC(=O)Nc3c2c(C)nn3-c2ccc3nnc(C)n3n2)c1. The molecular weight excluding hydrogens is 394 g/mol. The topological polar surface area (TPSA) is 99.2 Å². The Hall–Kier alpha value is -4.19. The van der Waals surface area contributed by atoms with Gasteiger partial charge in [-0.3, -0.25) is 4.79 Å². The molecule has 31 heavy (non-hydrogen) atoms. The van der Waals surface area contributed by atoms with E-state index in [-0.39, 0.29) is 18.4 Å². The van der Waals surface area contributed by atoms with Crippen LogP contribution in [0.5, 0.6) is 5.75 Å². The van der Waals surface area contributed by atoms with Gasteiger partial charge < -0.3 is 10.1 Å². The maximum absolute atomic E-state index is 12.6. The van der Waals surface area contributed by atoms with Crippen LogP contribution in [0.3, 0.4) is 0 Å². The molecule has 1 aliphatic heterocycles. The van der Waals surface area contributed by atoms with Crippen LogP contribution in [0.15, 0.2) is 36.4 Å². The van der Waals surface area contributed by atoms with Crippen molar-refractivity contribution < 1.29 is 9.53 Å². The summed E-state index contributed by atoms with van der Waals surface area (Å²) in [4.78, 5) is 12.6. The van der Waals surface area contributed by atoms with Crippen LogP contribution in [-0.2, 0) is 4.79 Å². The smallest absolute Gasteiger partial charge is 0.226 e. The predicted molar refractivity (Wildman–Crippen MR) is 113 cm³/mol. The highest BCUT2D eigenvalue weighted by molar-refractivity contribution is 5.95. The molecule has 0 aliphatic carbocycles. The third kappa shape index (κ3) is 3.18. The Kier molecular flexibility index (Phi) is 4.40. The number of amides is 1. The fourth-order valence-electron chi connectivity index (χ4n) is 3.94. The van der Waals surface area contributed by atoms with Crippen molar-refractivity contribution in [1.82, 2.24) is 29.6 Å². The van der Waals surface area contributed by atoms with Crippen molar-refractivity contribution in [2.75, 3.05) is 11.9 Å². The molecule has 3 aromatic heterocycles. The highest BCUT2D eigenvalue weighted by atomic mass is 16.5. The molecule has 1 atom stereocenters. The van der Waals surface area contributed by atoms with Gasteiger partial charge in [0.25, 0.3) is 0 Å². The summed E-state index contributed by atoms with van der Waals surface area (Å²) in [5.41, 5.74) is 3.38. The predicted octanol–water partition coefficient (Wildman–Crippen LogP) is 2.41. The lowest BCUT2D eigenvalue weighted by molar-refractivity contribution is -0.116. The second-order valence-corrected chi connectivity index (χ2v) is 7.34. The van der Waals surface area contributed by atoms with Gasteiger partial charge in [-0.2, -0.15) is 14.3 Å². The van der Waals surface area contributed by atoms with Crippen LogP contribution in [0.4, 0.5) is 5.82 Å². The number of ether oxygens (including phenoxy) is 1. The van der Waals surface area contributed by atoms with Crippen molar-refractivity contribution in [2.45, 2.75) is 26.2 Å². The van der Waals surface area contributed by atoms with Gasteiger partial charge in [-0.25, -0.2) is 0 Å². The van der Waals surface area contributed by atoms with Gasteiger partial charge in [-0.05, 0) is 43.7 Å². The molecule has 0 fully saturated rings. The van der Waals surface area contributed by atoms with Gasteiger partial charge in [-0.1, -0.05) is 18.1 Å². The number of anilines is 1. The first-order chi connectivity index (χ1) is 15.0. The number of carbonyl (C=O) groups is 1. The number of hydrogen-bond acceptors (Lipinski definition) is 6. The third-order valence-corrected chi connectivity index (χ3v) is 5.31. The monoisotopic (exact) mass is 413 g/mol. The van der Waals surface area contributed by atoms with Gasteiger partial charge in [0.2, 0.25) is 5.91 Å². The number of nitrogens with zero attached hydrogens (tertiary/aromatic N) is 6. The van der Waals surface area contributed by atoms with Crippen LogP contribution in [0.1, 0.15) is 35.0 Å². The number of rotatable bonds is 4. The van der Waals surface area contributed by atoms with E-state index in [1.165, 1.54) is 0 Å². The standard InChI is InChI=1S/C22H19N7O2/c1-4-10-31-16-7-5-6-15(11-16)17-12-20(30)23-22-21(17)13(2)26-29(22)19-9-8-18-25-24-14(3)28(18)27-19/h1,5-9,11,17H,10,12H2,2-3H3,(H,23,30)/t17-/m1/s1. The summed E-state index contributed by atoms with van der Waals surface area (Å²) in [6.07, 6.45) is 5.61. The molecule has 0 bridgehead atoms. The van der Waals surface area contributed by atoms with Crippen molar-refractivity contribution in [3.8, 4) is 23.9 Å². The number of benzene rings is 1. The molecular formula is C22H19N7O2. The van der Waals surface area contributed by atoms with Crippen LogP contribution in [0.2, 0.25) is 0 Å². The van der Waals surface area contributed by atoms with Gasteiger partial charge in [0, 0.05) is 17.9 Å². The lowest BCUT2D eigenvalue weighted by Crippen LogP contribution is -2.25. The summed E-state index contributed by atoms with van der Waals surface area (Å²) in [7, 11) is 0. The van der Waals surface area contributed by atoms with Crippen LogP contribution >= 0.6 is 0 Å². The summed E-state index contributed by atoms with van der Waals surface area (Å²) < 4.78 is 8.87. The van der Waals surface area contributed by atoms with E-state index in [0.717, 1.165) is 16.8 Å². The van der Waals surface area contributed by atoms with Gasteiger partial charge in [0.15, 0.2) is 17.3 Å². The van der Waals surface area contributed by atoms with E-state index in [9.17, 15) is 4.79 Å². The Balaban J connectivity index is 1.61. The number of fused-ring (bicyclic) bond motifs is 2. The molecule has 1 aromatic carbocycles. The van der Waals surface area contributed by atoms with E-state index in [1.807, 2.05) is 44.2 Å². The summed E-state index contributed by atoms with van der Waals surface area (Å²) in [6.45, 7) is 3.95. The summed E-state index contributed by atoms with van der Waals surface area (Å²) in [5, 5.41) is 20.4. The molecule has 1 amide bonds. The molecule has 0 saturated carbocycles. The Bertz CT molecular complexity index is 1360. The molecule has 9 heteroatoms. The maximum Gasteiger partial charge on any atom is 0.226 e. The Morgan fingerprint density at radius 3 is 2.94 bits per heavy atom. The number of carbonyl (C=O) groups excluding carboxylic acids is 1. The zero-order valence-corrected chi connectivity index (χ0v) is 17.0. The molecule has 4 aromatic rings. The number of nitrogens with one attached hydrogen (secondary N) is 1. The highest BCUT2D eigenvalue weighted by Crippen LogP contribution is 2.40. The third-order valence-electron chi connectivity index (χ3n) is 5.31. The number of hydrogen-bond donors (Lipinski definition) is 1. The Labute approximate surface area is 178 Å². The van der Waals surface area contributed by atoms with Gasteiger partial charge in [0.1, 0.15) is 18.2 Å². The largest absolute Gasteiger partial charge is 0.481 e. The summed E-state index contributed by atoms with van der Waals surface area (Å²) >= 11 is 0. The molecule has 4 heterocycles. The Morgan fingerprint density at radius 1 is 1.23 bits per heavy atom. The van der Waals surface area contributed by atoms with E-state index in [1.54, 1.807) is 15.3 Å². The van der Waals surface area contributed by atoms with E-state index < -0.39 is 0 Å². The molecule has 9 nitrogen and oxygen atoms in total. The van der Waals surface area contributed by atoms with Crippen LogP contribution in [-0.4, -0.2) is 42.1 Å². The zero-order valence-electron chi connectivity index (χ0n) is 17.0. The quantitative estimate of drug-likeness (QED) is 0.516. The highest BCUT2D eigenvalue weighted by Gasteiger charge is 2.33. The van der Waals surface area contributed by atoms with E-state index in [2.05, 4.69) is 26.5 Å². The Morgan fingerprint density at radius 2 is 2.10 bits per heavy atom. The second-order valence-electron chi connectivity index (χ2n) is 7.34. The van der Waals surface area contributed by atoms with Crippen LogP contribution < -0.4 is 10.1 Å². The summed E-state index contributed by atoms with van der Waals surface area (Å²) in [5.74, 6) is 4.73. The van der Waals surface area contributed by atoms with Crippen molar-refractivity contribution >= 4 is 17.4 Å². The number of aromatic nitrogens is 6. The van der Waals surface area contributed by atoms with E-state index >= 15 is 0 Å². The second kappa shape index (κ2) is 7.25. The lowest BCUT2D eigenvalue weighted by Gasteiger charge is -2.24. The van der Waals surface area contributed by atoms with Gasteiger partial charge in [0.05, 0.1) is 5.69 Å². The molecule has 1 aliphatic rings.